The first-order valence-corrected chi connectivity index (χ1v) is 8.43. The number of anilines is 2. The van der Waals surface area contributed by atoms with Crippen LogP contribution in [0.25, 0.3) is 5.69 Å². The first kappa shape index (κ1) is 16.8. The van der Waals surface area contributed by atoms with Crippen molar-refractivity contribution < 1.29 is 4.79 Å². The molecule has 0 aliphatic rings. The molecule has 2 N–H and O–H groups in total. The molecule has 3 rings (SSSR count). The summed E-state index contributed by atoms with van der Waals surface area (Å²) in [6.07, 6.45) is 2.85. The highest BCUT2D eigenvalue weighted by Crippen LogP contribution is 2.13. The number of carbonyl (C=O) groups excluding carboxylic acids is 1. The fourth-order valence-electron chi connectivity index (χ4n) is 2.49. The smallest absolute Gasteiger partial charge is 0.246 e. The van der Waals surface area contributed by atoms with E-state index in [4.69, 9.17) is 0 Å². The molecule has 1 amide bonds. The molecule has 0 aliphatic carbocycles. The Bertz CT molecular complexity index is 824. The van der Waals surface area contributed by atoms with Gasteiger partial charge in [0.15, 0.2) is 0 Å². The second kappa shape index (κ2) is 7.66. The molecule has 0 saturated heterocycles. The summed E-state index contributed by atoms with van der Waals surface area (Å²) in [5.41, 5.74) is 3.02. The van der Waals surface area contributed by atoms with E-state index < -0.39 is 6.04 Å². The zero-order valence-corrected chi connectivity index (χ0v) is 14.4. The van der Waals surface area contributed by atoms with Crippen LogP contribution in [0.1, 0.15) is 19.4 Å². The van der Waals surface area contributed by atoms with Gasteiger partial charge >= 0.3 is 0 Å². The van der Waals surface area contributed by atoms with E-state index >= 15 is 0 Å². The van der Waals surface area contributed by atoms with Gasteiger partial charge < -0.3 is 10.6 Å². The van der Waals surface area contributed by atoms with Crippen LogP contribution in [0, 0.1) is 0 Å². The molecule has 0 fully saturated rings. The number of aryl methyl sites for hydroxylation is 1. The fourth-order valence-corrected chi connectivity index (χ4v) is 2.49. The molecule has 5 nitrogen and oxygen atoms in total. The predicted octanol–water partition coefficient (Wildman–Crippen LogP) is 3.87. The van der Waals surface area contributed by atoms with Crippen LogP contribution in [0.5, 0.6) is 0 Å². The molecule has 128 valence electrons. The third-order valence-electron chi connectivity index (χ3n) is 4.00. The van der Waals surface area contributed by atoms with E-state index in [2.05, 4.69) is 22.7 Å². The number of carbonyl (C=O) groups is 1. The Balaban J connectivity index is 1.60. The molecule has 1 heterocycles. The maximum absolute atomic E-state index is 12.3. The molecule has 0 saturated carbocycles. The molecule has 25 heavy (non-hydrogen) atoms. The van der Waals surface area contributed by atoms with E-state index in [1.807, 2.05) is 73.8 Å². The van der Waals surface area contributed by atoms with Crippen LogP contribution in [0.3, 0.4) is 0 Å². The lowest BCUT2D eigenvalue weighted by molar-refractivity contribution is -0.116. The molecule has 1 aromatic heterocycles. The second-order valence-corrected chi connectivity index (χ2v) is 5.89. The van der Waals surface area contributed by atoms with Gasteiger partial charge in [0.1, 0.15) is 11.9 Å². The number of hydrogen-bond donors (Lipinski definition) is 2. The molecule has 1 unspecified atom stereocenters. The Hall–Kier alpha value is -3.08. The Labute approximate surface area is 147 Å². The van der Waals surface area contributed by atoms with Crippen LogP contribution >= 0.6 is 0 Å². The lowest BCUT2D eigenvalue weighted by Crippen LogP contribution is -2.32. The Morgan fingerprint density at radius 2 is 1.80 bits per heavy atom. The summed E-state index contributed by atoms with van der Waals surface area (Å²) in [5.74, 6) is 0.561. The van der Waals surface area contributed by atoms with Crippen LogP contribution < -0.4 is 10.6 Å². The number of para-hydroxylation sites is 1. The maximum Gasteiger partial charge on any atom is 0.246 e. The van der Waals surface area contributed by atoms with Gasteiger partial charge in [-0.2, -0.15) is 5.10 Å². The Kier molecular flexibility index (Phi) is 5.14. The molecule has 0 spiro atoms. The number of nitrogens with one attached hydrogen (secondary N) is 2. The highest BCUT2D eigenvalue weighted by molar-refractivity contribution is 5.96. The highest BCUT2D eigenvalue weighted by atomic mass is 16.2. The van der Waals surface area contributed by atoms with Crippen LogP contribution in [0.15, 0.2) is 66.9 Å². The largest absolute Gasteiger partial charge is 0.357 e. The average Bonchev–Trinajstić information content (AvgIpc) is 3.11. The van der Waals surface area contributed by atoms with E-state index in [1.54, 1.807) is 4.68 Å². The van der Waals surface area contributed by atoms with Crippen molar-refractivity contribution in [2.75, 3.05) is 10.6 Å². The van der Waals surface area contributed by atoms with Crippen molar-refractivity contribution in [2.24, 2.45) is 0 Å². The summed E-state index contributed by atoms with van der Waals surface area (Å²) < 4.78 is 1.77. The minimum absolute atomic E-state index is 0.0986. The lowest BCUT2D eigenvalue weighted by Gasteiger charge is -2.13. The molecule has 3 aromatic rings. The number of hydrogen-bond acceptors (Lipinski definition) is 3. The molecule has 2 aromatic carbocycles. The summed E-state index contributed by atoms with van der Waals surface area (Å²) in [6, 6.07) is 19.2. The first-order chi connectivity index (χ1) is 12.2. The van der Waals surface area contributed by atoms with Gasteiger partial charge in [-0.05, 0) is 43.2 Å². The number of rotatable bonds is 6. The van der Waals surface area contributed by atoms with E-state index in [1.165, 1.54) is 5.56 Å². The number of amides is 1. The van der Waals surface area contributed by atoms with Gasteiger partial charge in [-0.3, -0.25) is 4.79 Å². The van der Waals surface area contributed by atoms with Gasteiger partial charge in [0.25, 0.3) is 0 Å². The monoisotopic (exact) mass is 334 g/mol. The van der Waals surface area contributed by atoms with Gasteiger partial charge in [-0.25, -0.2) is 4.68 Å². The van der Waals surface area contributed by atoms with E-state index in [9.17, 15) is 4.79 Å². The Morgan fingerprint density at radius 1 is 1.08 bits per heavy atom. The number of nitrogens with zero attached hydrogens (tertiary/aromatic N) is 2. The third-order valence-corrected chi connectivity index (χ3v) is 4.00. The van der Waals surface area contributed by atoms with Crippen molar-refractivity contribution in [3.8, 4) is 5.69 Å². The number of aromatic nitrogens is 2. The minimum Gasteiger partial charge on any atom is -0.357 e. The van der Waals surface area contributed by atoms with Crippen molar-refractivity contribution in [3.05, 3.63) is 72.4 Å². The summed E-state index contributed by atoms with van der Waals surface area (Å²) in [7, 11) is 0. The molecular weight excluding hydrogens is 312 g/mol. The van der Waals surface area contributed by atoms with E-state index in [0.717, 1.165) is 17.8 Å². The summed E-state index contributed by atoms with van der Waals surface area (Å²) >= 11 is 0. The standard InChI is InChI=1S/C20H22N4O/c1-3-16-9-11-17(12-10-16)22-20(25)15(2)21-19-13-14-24(23-19)18-7-5-4-6-8-18/h4-15H,3H2,1-2H3,(H,21,23)(H,22,25). The number of benzene rings is 2. The van der Waals surface area contributed by atoms with Gasteiger partial charge in [-0.1, -0.05) is 37.3 Å². The third kappa shape index (κ3) is 4.26. The van der Waals surface area contributed by atoms with Gasteiger partial charge in [-0.15, -0.1) is 0 Å². The first-order valence-electron chi connectivity index (χ1n) is 8.43. The molecule has 0 radical (unpaired) electrons. The van der Waals surface area contributed by atoms with Crippen molar-refractivity contribution in [1.29, 1.82) is 0 Å². The van der Waals surface area contributed by atoms with Gasteiger partial charge in [0, 0.05) is 18.0 Å². The second-order valence-electron chi connectivity index (χ2n) is 5.89. The highest BCUT2D eigenvalue weighted by Gasteiger charge is 2.14. The van der Waals surface area contributed by atoms with Crippen molar-refractivity contribution >= 4 is 17.4 Å². The maximum atomic E-state index is 12.3. The molecule has 0 aliphatic heterocycles. The van der Waals surface area contributed by atoms with Crippen LogP contribution in [0.4, 0.5) is 11.5 Å². The topological polar surface area (TPSA) is 59.0 Å². The van der Waals surface area contributed by atoms with Gasteiger partial charge in [0.05, 0.1) is 5.69 Å². The molecule has 0 bridgehead atoms. The Morgan fingerprint density at radius 3 is 2.48 bits per heavy atom. The quantitative estimate of drug-likeness (QED) is 0.719. The minimum atomic E-state index is -0.398. The van der Waals surface area contributed by atoms with Crippen molar-refractivity contribution in [2.45, 2.75) is 26.3 Å². The molecule has 5 heteroatoms. The summed E-state index contributed by atoms with van der Waals surface area (Å²) in [4.78, 5) is 12.3. The van der Waals surface area contributed by atoms with E-state index in [0.29, 0.717) is 5.82 Å². The summed E-state index contributed by atoms with van der Waals surface area (Å²) in [5, 5.41) is 10.5. The molecular formula is C20H22N4O. The normalized spacial score (nSPS) is 11.8. The molecule has 1 atom stereocenters. The van der Waals surface area contributed by atoms with Gasteiger partial charge in [0.2, 0.25) is 5.91 Å². The fraction of sp³-hybridized carbons (Fsp3) is 0.200. The average molecular weight is 334 g/mol. The lowest BCUT2D eigenvalue weighted by atomic mass is 10.1. The SMILES string of the molecule is CCc1ccc(NC(=O)C(C)Nc2ccn(-c3ccccc3)n2)cc1. The summed E-state index contributed by atoms with van der Waals surface area (Å²) in [6.45, 7) is 3.92. The van der Waals surface area contributed by atoms with Crippen molar-refractivity contribution in [3.63, 3.8) is 0 Å². The van der Waals surface area contributed by atoms with E-state index in [-0.39, 0.29) is 5.91 Å². The van der Waals surface area contributed by atoms with Crippen LogP contribution in [-0.4, -0.2) is 21.7 Å². The van der Waals surface area contributed by atoms with Crippen LogP contribution in [-0.2, 0) is 11.2 Å². The van der Waals surface area contributed by atoms with Crippen LogP contribution in [0.2, 0.25) is 0 Å². The zero-order valence-electron chi connectivity index (χ0n) is 14.4. The predicted molar refractivity (Wildman–Crippen MR) is 101 cm³/mol. The van der Waals surface area contributed by atoms with Crippen molar-refractivity contribution in [1.82, 2.24) is 9.78 Å². The zero-order chi connectivity index (χ0) is 17.6.